The maximum atomic E-state index is 12.2. The molecule has 136 valence electrons. The van der Waals surface area contributed by atoms with Gasteiger partial charge in [0.2, 0.25) is 0 Å². The molecule has 6 nitrogen and oxygen atoms in total. The highest BCUT2D eigenvalue weighted by molar-refractivity contribution is 6.47. The number of carbonyl (C=O) groups is 3. The lowest BCUT2D eigenvalue weighted by Crippen LogP contribution is -2.35. The summed E-state index contributed by atoms with van der Waals surface area (Å²) in [6.45, 7) is 0. The summed E-state index contributed by atoms with van der Waals surface area (Å²) in [6.07, 6.45) is 2.70. The van der Waals surface area contributed by atoms with E-state index in [1.165, 1.54) is 18.2 Å². The highest BCUT2D eigenvalue weighted by Crippen LogP contribution is 2.36. The smallest absolute Gasteiger partial charge is 0.526 e. The molecule has 27 heavy (non-hydrogen) atoms. The van der Waals surface area contributed by atoms with E-state index >= 15 is 0 Å². The number of allylic oxidation sites excluding steroid dienone is 2. The monoisotopic (exact) mass is 364 g/mol. The first-order chi connectivity index (χ1) is 13.0. The second kappa shape index (κ2) is 8.01. The van der Waals surface area contributed by atoms with Crippen LogP contribution in [-0.4, -0.2) is 34.8 Å². The number of fused-ring (bicyclic) bond motifs is 1. The number of carboxylic acids is 1. The molecule has 2 aromatic rings. The van der Waals surface area contributed by atoms with Crippen LogP contribution in [0.5, 0.6) is 5.75 Å². The van der Waals surface area contributed by atoms with Crippen molar-refractivity contribution in [2.75, 3.05) is 0 Å². The molecule has 2 N–H and O–H groups in total. The number of carboxylic acid groups (broad SMARTS) is 1. The van der Waals surface area contributed by atoms with E-state index in [2.05, 4.69) is 0 Å². The number of carbonyl (C=O) groups excluding carboxylic acids is 2. The fourth-order valence-corrected chi connectivity index (χ4v) is 3.02. The van der Waals surface area contributed by atoms with Crippen molar-refractivity contribution >= 4 is 24.7 Å². The molecule has 0 fully saturated rings. The van der Waals surface area contributed by atoms with Crippen LogP contribution in [0.15, 0.2) is 60.7 Å². The highest BCUT2D eigenvalue weighted by atomic mass is 16.5. The molecule has 1 atom stereocenters. The van der Waals surface area contributed by atoms with Crippen molar-refractivity contribution in [1.29, 1.82) is 0 Å². The molecule has 3 rings (SSSR count). The third-order valence-electron chi connectivity index (χ3n) is 4.39. The molecule has 7 heteroatoms. The maximum absolute atomic E-state index is 12.2. The van der Waals surface area contributed by atoms with Gasteiger partial charge < -0.3 is 14.8 Å². The van der Waals surface area contributed by atoms with Crippen LogP contribution in [0.1, 0.15) is 32.7 Å². The number of rotatable bonds is 6. The molecule has 2 aromatic carbocycles. The SMILES string of the molecule is O=C(/C=C/C(=O)c1ccccc1)C[C@H]1Cc2cccc(C(=O)O)c2OB1O. The molecule has 0 spiro atoms. The van der Waals surface area contributed by atoms with E-state index in [1.54, 1.807) is 42.5 Å². The van der Waals surface area contributed by atoms with Crippen molar-refractivity contribution in [3.63, 3.8) is 0 Å². The van der Waals surface area contributed by atoms with E-state index in [0.717, 1.165) is 0 Å². The summed E-state index contributed by atoms with van der Waals surface area (Å²) in [5, 5.41) is 19.4. The van der Waals surface area contributed by atoms with Crippen LogP contribution in [0, 0.1) is 0 Å². The van der Waals surface area contributed by atoms with Gasteiger partial charge in [-0.25, -0.2) is 4.79 Å². The predicted octanol–water partition coefficient (Wildman–Crippen LogP) is 2.57. The molecular formula is C20H17BO6. The molecule has 1 aliphatic heterocycles. The summed E-state index contributed by atoms with van der Waals surface area (Å²) in [7, 11) is -1.29. The van der Waals surface area contributed by atoms with Crippen molar-refractivity contribution in [3.8, 4) is 5.75 Å². The van der Waals surface area contributed by atoms with Crippen molar-refractivity contribution in [2.45, 2.75) is 18.7 Å². The Labute approximate surface area is 156 Å². The van der Waals surface area contributed by atoms with Gasteiger partial charge in [0, 0.05) is 17.8 Å². The summed E-state index contributed by atoms with van der Waals surface area (Å²) >= 11 is 0. The lowest BCUT2D eigenvalue weighted by Gasteiger charge is -2.27. The lowest BCUT2D eigenvalue weighted by atomic mass is 9.64. The molecule has 0 saturated carbocycles. The van der Waals surface area contributed by atoms with Crippen molar-refractivity contribution < 1.29 is 29.2 Å². The Morgan fingerprint density at radius 2 is 1.81 bits per heavy atom. The van der Waals surface area contributed by atoms with Crippen LogP contribution in [-0.2, 0) is 11.2 Å². The van der Waals surface area contributed by atoms with Crippen LogP contribution in [0.3, 0.4) is 0 Å². The average molecular weight is 364 g/mol. The number of hydrogen-bond acceptors (Lipinski definition) is 5. The number of para-hydroxylation sites is 1. The zero-order chi connectivity index (χ0) is 19.4. The van der Waals surface area contributed by atoms with E-state index in [-0.39, 0.29) is 29.3 Å². The van der Waals surface area contributed by atoms with Gasteiger partial charge in [-0.1, -0.05) is 42.5 Å². The van der Waals surface area contributed by atoms with Crippen molar-refractivity contribution in [1.82, 2.24) is 0 Å². The quantitative estimate of drug-likeness (QED) is 0.464. The van der Waals surface area contributed by atoms with Crippen molar-refractivity contribution in [3.05, 3.63) is 77.4 Å². The van der Waals surface area contributed by atoms with Gasteiger partial charge in [0.25, 0.3) is 0 Å². The van der Waals surface area contributed by atoms with Gasteiger partial charge in [-0.05, 0) is 30.2 Å². The molecule has 0 unspecified atom stereocenters. The summed E-state index contributed by atoms with van der Waals surface area (Å²) in [6, 6.07) is 13.3. The zero-order valence-corrected chi connectivity index (χ0v) is 14.4. The standard InChI is InChI=1S/C20H17BO6/c22-16(9-10-18(23)13-5-2-1-3-6-13)12-15-11-14-7-4-8-17(20(24)25)19(14)27-21(15)26/h1-10,15,26H,11-12H2,(H,24,25)/b10-9+/t15-/m1/s1. The maximum Gasteiger partial charge on any atom is 0.526 e. The molecule has 0 aromatic heterocycles. The second-order valence-corrected chi connectivity index (χ2v) is 6.31. The van der Waals surface area contributed by atoms with Gasteiger partial charge in [-0.2, -0.15) is 0 Å². The Bertz CT molecular complexity index is 906. The Morgan fingerprint density at radius 1 is 1.07 bits per heavy atom. The van der Waals surface area contributed by atoms with Crippen LogP contribution in [0.2, 0.25) is 5.82 Å². The van der Waals surface area contributed by atoms with Crippen LogP contribution in [0.4, 0.5) is 0 Å². The van der Waals surface area contributed by atoms with Gasteiger partial charge in [0.05, 0.1) is 5.56 Å². The fraction of sp³-hybridized carbons (Fsp3) is 0.150. The third kappa shape index (κ3) is 4.32. The highest BCUT2D eigenvalue weighted by Gasteiger charge is 2.37. The van der Waals surface area contributed by atoms with E-state index in [1.807, 2.05) is 0 Å². The van der Waals surface area contributed by atoms with Gasteiger partial charge in [0.1, 0.15) is 5.75 Å². The molecule has 0 amide bonds. The topological polar surface area (TPSA) is 101 Å². The van der Waals surface area contributed by atoms with Crippen LogP contribution in [0.25, 0.3) is 0 Å². The van der Waals surface area contributed by atoms with Crippen LogP contribution >= 0.6 is 0 Å². The third-order valence-corrected chi connectivity index (χ3v) is 4.39. The number of ketones is 2. The normalized spacial score (nSPS) is 15.9. The largest absolute Gasteiger partial charge is 0.535 e. The average Bonchev–Trinajstić information content (AvgIpc) is 2.66. The molecular weight excluding hydrogens is 347 g/mol. The summed E-state index contributed by atoms with van der Waals surface area (Å²) in [5.74, 6) is -2.12. The Balaban J connectivity index is 1.67. The summed E-state index contributed by atoms with van der Waals surface area (Å²) in [4.78, 5) is 35.4. The number of benzene rings is 2. The molecule has 1 heterocycles. The van der Waals surface area contributed by atoms with E-state index < -0.39 is 18.9 Å². The molecule has 1 aliphatic rings. The number of hydrogen-bond donors (Lipinski definition) is 2. The first kappa shape index (κ1) is 18.6. The molecule has 0 bridgehead atoms. The Kier molecular flexibility index (Phi) is 5.52. The predicted molar refractivity (Wildman–Crippen MR) is 99.0 cm³/mol. The van der Waals surface area contributed by atoms with Crippen LogP contribution < -0.4 is 4.65 Å². The van der Waals surface area contributed by atoms with Gasteiger partial charge in [-0.15, -0.1) is 0 Å². The Hall–Kier alpha value is -3.19. The van der Waals surface area contributed by atoms with E-state index in [4.69, 9.17) is 4.65 Å². The van der Waals surface area contributed by atoms with E-state index in [9.17, 15) is 24.5 Å². The molecule has 0 radical (unpaired) electrons. The second-order valence-electron chi connectivity index (χ2n) is 6.31. The van der Waals surface area contributed by atoms with Gasteiger partial charge in [-0.3, -0.25) is 9.59 Å². The summed E-state index contributed by atoms with van der Waals surface area (Å²) < 4.78 is 5.36. The van der Waals surface area contributed by atoms with Crippen molar-refractivity contribution in [2.24, 2.45) is 0 Å². The number of aromatic carboxylic acids is 1. The molecule has 0 saturated heterocycles. The minimum absolute atomic E-state index is 0.0174. The minimum atomic E-state index is -1.29. The molecule has 0 aliphatic carbocycles. The first-order valence-electron chi connectivity index (χ1n) is 8.46. The fourth-order valence-electron chi connectivity index (χ4n) is 3.02. The van der Waals surface area contributed by atoms with E-state index in [0.29, 0.717) is 17.5 Å². The minimum Gasteiger partial charge on any atom is -0.535 e. The first-order valence-corrected chi connectivity index (χ1v) is 8.46. The summed E-state index contributed by atoms with van der Waals surface area (Å²) in [5.41, 5.74) is 1.09. The van der Waals surface area contributed by atoms with Gasteiger partial charge >= 0.3 is 13.1 Å². The lowest BCUT2D eigenvalue weighted by molar-refractivity contribution is -0.114. The Morgan fingerprint density at radius 3 is 2.52 bits per heavy atom. The van der Waals surface area contributed by atoms with Gasteiger partial charge in [0.15, 0.2) is 11.6 Å². The zero-order valence-electron chi connectivity index (χ0n) is 14.4.